The van der Waals surface area contributed by atoms with Crippen LogP contribution in [0.3, 0.4) is 0 Å². The van der Waals surface area contributed by atoms with Crippen LogP contribution in [0.2, 0.25) is 0 Å². The Morgan fingerprint density at radius 3 is 2.44 bits per heavy atom. The van der Waals surface area contributed by atoms with E-state index in [0.29, 0.717) is 5.92 Å². The van der Waals surface area contributed by atoms with E-state index in [-0.39, 0.29) is 89.8 Å². The minimum Gasteiger partial charge on any atom is -0.480 e. The average molecular weight is 670 g/mol. The van der Waals surface area contributed by atoms with Crippen molar-refractivity contribution in [2.24, 2.45) is 11.8 Å². The predicted octanol–water partition coefficient (Wildman–Crippen LogP) is 3.97. The standard InChI is InChI=1S/C32H46FN4O2.3ClH.Na/c1-5-21(4)34-29(31(38)39)23-17-24(27(19-23)22-9-8-10-25(33)18-22)20-36-15-13-32(14-16-36)12-11-26-28(6-2)35-37(7-3)30(26)32;;;;/h8-10,18,23-24,27,29,34H,5-7,11-17,19-20H2,1-4H3,(H,38,39);3*1H;/q-1;;;;+1/t23-,24+,27+,29-;;;;/m0..../s1. The van der Waals surface area contributed by atoms with Gasteiger partial charge in [-0.3, -0.25) is 15.5 Å². The number of aryl methyl sites for hydroxylation is 2. The van der Waals surface area contributed by atoms with Gasteiger partial charge in [-0.15, -0.1) is 37.2 Å². The number of hydrogen-bond donors (Lipinski definition) is 2. The molecule has 11 heteroatoms. The molecule has 5 rings (SSSR count). The summed E-state index contributed by atoms with van der Waals surface area (Å²) in [4.78, 5) is 14.9. The summed E-state index contributed by atoms with van der Waals surface area (Å²) in [5.74, 6) is -0.513. The fraction of sp³-hybridized carbons (Fsp3) is 0.656. The molecule has 2 N–H and O–H groups in total. The topological polar surface area (TPSA) is 70.4 Å². The summed E-state index contributed by atoms with van der Waals surface area (Å²) in [6, 6.07) is 7.38. The number of likely N-dealkylation sites (tertiary alicyclic amines) is 1. The normalized spacial score (nSPS) is 23.1. The zero-order valence-electron chi connectivity index (χ0n) is 26.4. The van der Waals surface area contributed by atoms with Gasteiger partial charge in [0.2, 0.25) is 0 Å². The van der Waals surface area contributed by atoms with E-state index in [2.05, 4.69) is 28.7 Å². The Hall–Kier alpha value is -0.380. The molecule has 1 aromatic heterocycles. The molecule has 1 spiro atoms. The van der Waals surface area contributed by atoms with E-state index in [1.807, 2.05) is 19.9 Å². The van der Waals surface area contributed by atoms with Gasteiger partial charge in [0.05, 0.1) is 11.7 Å². The summed E-state index contributed by atoms with van der Waals surface area (Å²) >= 11 is 0. The molecule has 0 unspecified atom stereocenters. The minimum absolute atomic E-state index is 0. The van der Waals surface area contributed by atoms with E-state index in [0.717, 1.165) is 82.7 Å². The van der Waals surface area contributed by atoms with Gasteiger partial charge in [-0.05, 0) is 106 Å². The molecule has 2 fully saturated rings. The summed E-state index contributed by atoms with van der Waals surface area (Å²) in [5.41, 5.74) is 5.57. The Morgan fingerprint density at radius 2 is 1.86 bits per heavy atom. The predicted molar refractivity (Wildman–Crippen MR) is 174 cm³/mol. The SMILES string of the molecule is CCc1nn(CC)c2c1CCC21CCN(C[C@H]2C[C@H]([C@H](N[C-](C)CC)C(=O)O)C[C@@H]2c2cccc(F)c2)CC1.Cl.Cl.Cl.[Na+]. The third kappa shape index (κ3) is 8.51. The number of hydrogen-bond acceptors (Lipinski definition) is 4. The molecule has 0 amide bonds. The Kier molecular flexibility index (Phi) is 16.6. The smallest absolute Gasteiger partial charge is 0.480 e. The maximum atomic E-state index is 14.3. The van der Waals surface area contributed by atoms with E-state index in [4.69, 9.17) is 5.10 Å². The fourth-order valence-corrected chi connectivity index (χ4v) is 7.92. The summed E-state index contributed by atoms with van der Waals surface area (Å²) < 4.78 is 16.5. The molecule has 43 heavy (non-hydrogen) atoms. The van der Waals surface area contributed by atoms with Gasteiger partial charge in [-0.25, -0.2) is 4.39 Å². The van der Waals surface area contributed by atoms with Crippen LogP contribution in [-0.2, 0) is 29.6 Å². The zero-order valence-corrected chi connectivity index (χ0v) is 30.9. The van der Waals surface area contributed by atoms with Crippen LogP contribution in [0.15, 0.2) is 24.3 Å². The molecule has 1 saturated heterocycles. The monoisotopic (exact) mass is 668 g/mol. The molecule has 0 radical (unpaired) electrons. The van der Waals surface area contributed by atoms with Crippen molar-refractivity contribution >= 4 is 43.2 Å². The molecule has 2 heterocycles. The first-order valence-corrected chi connectivity index (χ1v) is 15.2. The van der Waals surface area contributed by atoms with Crippen molar-refractivity contribution in [2.45, 2.75) is 103 Å². The third-order valence-electron chi connectivity index (χ3n) is 10.1. The number of carboxylic acids is 1. The molecule has 0 bridgehead atoms. The first-order valence-electron chi connectivity index (χ1n) is 15.2. The van der Waals surface area contributed by atoms with E-state index in [9.17, 15) is 14.3 Å². The Morgan fingerprint density at radius 1 is 1.16 bits per heavy atom. The molecule has 2 aliphatic carbocycles. The van der Waals surface area contributed by atoms with Crippen LogP contribution in [0.5, 0.6) is 0 Å². The van der Waals surface area contributed by atoms with E-state index in [1.165, 1.54) is 29.4 Å². The third-order valence-corrected chi connectivity index (χ3v) is 10.1. The van der Waals surface area contributed by atoms with Gasteiger partial charge in [0, 0.05) is 24.2 Å². The van der Waals surface area contributed by atoms with Gasteiger partial charge in [0.25, 0.3) is 0 Å². The number of rotatable bonds is 10. The molecule has 1 aliphatic heterocycles. The Bertz CT molecular complexity index is 1180. The Balaban J connectivity index is 0.00000231. The maximum absolute atomic E-state index is 14.3. The number of benzene rings is 1. The van der Waals surface area contributed by atoms with Gasteiger partial charge in [0.1, 0.15) is 5.82 Å². The largest absolute Gasteiger partial charge is 1.00 e. The minimum atomic E-state index is -0.789. The van der Waals surface area contributed by atoms with Crippen LogP contribution in [0.1, 0.15) is 94.7 Å². The van der Waals surface area contributed by atoms with Crippen LogP contribution in [0.25, 0.3) is 0 Å². The van der Waals surface area contributed by atoms with E-state index < -0.39 is 12.0 Å². The molecular weight excluding hydrogens is 621 g/mol. The van der Waals surface area contributed by atoms with Crippen molar-refractivity contribution < 1.29 is 43.8 Å². The Labute approximate surface area is 298 Å². The second-order valence-electron chi connectivity index (χ2n) is 12.3. The van der Waals surface area contributed by atoms with E-state index >= 15 is 0 Å². The second kappa shape index (κ2) is 17.5. The van der Waals surface area contributed by atoms with Crippen LogP contribution >= 0.6 is 37.2 Å². The van der Waals surface area contributed by atoms with Gasteiger partial charge in [-0.2, -0.15) is 18.4 Å². The van der Waals surface area contributed by atoms with Crippen LogP contribution in [0.4, 0.5) is 4.39 Å². The number of piperidine rings is 1. The second-order valence-corrected chi connectivity index (χ2v) is 12.3. The van der Waals surface area contributed by atoms with Crippen molar-refractivity contribution in [1.29, 1.82) is 0 Å². The number of carbonyl (C=O) groups is 1. The van der Waals surface area contributed by atoms with Crippen LogP contribution in [0, 0.1) is 23.7 Å². The molecule has 4 atom stereocenters. The molecule has 6 nitrogen and oxygen atoms in total. The molecule has 238 valence electrons. The molecular formula is C32H49Cl3FN4NaO2. The average Bonchev–Trinajstić information content (AvgIpc) is 3.62. The first-order chi connectivity index (χ1) is 18.8. The van der Waals surface area contributed by atoms with Crippen molar-refractivity contribution in [3.05, 3.63) is 58.6 Å². The maximum Gasteiger partial charge on any atom is 1.00 e. The molecule has 2 aromatic rings. The van der Waals surface area contributed by atoms with Crippen LogP contribution < -0.4 is 34.9 Å². The first kappa shape index (κ1) is 40.6. The number of halogens is 4. The van der Waals surface area contributed by atoms with Gasteiger partial charge in [0.15, 0.2) is 0 Å². The van der Waals surface area contributed by atoms with E-state index in [1.54, 1.807) is 12.1 Å². The van der Waals surface area contributed by atoms with Crippen molar-refractivity contribution in [3.8, 4) is 0 Å². The number of nitrogens with zero attached hydrogens (tertiary/aromatic N) is 3. The molecule has 1 saturated carbocycles. The summed E-state index contributed by atoms with van der Waals surface area (Å²) in [6.07, 6.45) is 8.12. The fourth-order valence-electron chi connectivity index (χ4n) is 7.92. The number of nitrogens with one attached hydrogen (secondary N) is 1. The number of aliphatic carboxylic acids is 1. The van der Waals surface area contributed by atoms with Crippen LogP contribution in [-0.4, -0.2) is 51.4 Å². The molecule has 1 aromatic carbocycles. The van der Waals surface area contributed by atoms with Gasteiger partial charge in [-0.1, -0.05) is 26.0 Å². The zero-order chi connectivity index (χ0) is 27.7. The molecule has 3 aliphatic rings. The number of aromatic nitrogens is 2. The van der Waals surface area contributed by atoms with Crippen molar-refractivity contribution in [3.63, 3.8) is 0 Å². The summed E-state index contributed by atoms with van der Waals surface area (Å²) in [5, 5.41) is 18.3. The van der Waals surface area contributed by atoms with Crippen molar-refractivity contribution in [2.75, 3.05) is 19.6 Å². The summed E-state index contributed by atoms with van der Waals surface area (Å²) in [7, 11) is 0. The summed E-state index contributed by atoms with van der Waals surface area (Å²) in [6.45, 7) is 12.4. The quantitative estimate of drug-likeness (QED) is 0.296. The van der Waals surface area contributed by atoms with Crippen molar-refractivity contribution in [1.82, 2.24) is 20.0 Å². The van der Waals surface area contributed by atoms with Gasteiger partial charge >= 0.3 is 35.5 Å². The number of fused-ring (bicyclic) bond motifs is 2. The number of carboxylic acid groups (broad SMARTS) is 1. The van der Waals surface area contributed by atoms with Gasteiger partial charge < -0.3 is 15.3 Å².